The summed E-state index contributed by atoms with van der Waals surface area (Å²) in [6, 6.07) is 6.06. The Bertz CT molecular complexity index is 525. The van der Waals surface area contributed by atoms with Crippen molar-refractivity contribution in [1.29, 1.82) is 0 Å². The van der Waals surface area contributed by atoms with Gasteiger partial charge in [0.2, 0.25) is 5.91 Å². The van der Waals surface area contributed by atoms with Gasteiger partial charge in [-0.15, -0.1) is 0 Å². The predicted molar refractivity (Wildman–Crippen MR) is 88.4 cm³/mol. The SMILES string of the molecule is COc1ccc(Br)cc1C=CC(=O)N(C)C1CCNCC1. The lowest BCUT2D eigenvalue weighted by Gasteiger charge is -2.30. The quantitative estimate of drug-likeness (QED) is 0.847. The van der Waals surface area contributed by atoms with Crippen molar-refractivity contribution in [3.63, 3.8) is 0 Å². The molecule has 0 saturated carbocycles. The van der Waals surface area contributed by atoms with Crippen molar-refractivity contribution in [2.24, 2.45) is 0 Å². The number of benzene rings is 1. The molecule has 1 amide bonds. The van der Waals surface area contributed by atoms with Crippen LogP contribution >= 0.6 is 15.9 Å². The van der Waals surface area contributed by atoms with Crippen molar-refractivity contribution in [3.05, 3.63) is 34.3 Å². The maximum atomic E-state index is 12.3. The van der Waals surface area contributed by atoms with Crippen molar-refractivity contribution in [2.45, 2.75) is 18.9 Å². The van der Waals surface area contributed by atoms with Crippen LogP contribution in [-0.4, -0.2) is 44.1 Å². The second kappa shape index (κ2) is 7.61. The molecule has 0 radical (unpaired) electrons. The number of carbonyl (C=O) groups is 1. The molecule has 1 aromatic carbocycles. The Labute approximate surface area is 134 Å². The molecule has 5 heteroatoms. The third-order valence-electron chi connectivity index (χ3n) is 3.80. The first-order chi connectivity index (χ1) is 10.1. The van der Waals surface area contributed by atoms with Crippen molar-refractivity contribution in [3.8, 4) is 5.75 Å². The van der Waals surface area contributed by atoms with Crippen molar-refractivity contribution in [2.75, 3.05) is 27.2 Å². The number of ether oxygens (including phenoxy) is 1. The topological polar surface area (TPSA) is 41.6 Å². The first-order valence-corrected chi connectivity index (χ1v) is 7.90. The summed E-state index contributed by atoms with van der Waals surface area (Å²) in [6.45, 7) is 1.96. The molecular formula is C16H21BrN2O2. The molecule has 1 aromatic rings. The van der Waals surface area contributed by atoms with Gasteiger partial charge in [0.05, 0.1) is 7.11 Å². The number of hydrogen-bond donors (Lipinski definition) is 1. The number of amides is 1. The Balaban J connectivity index is 2.05. The molecular weight excluding hydrogens is 332 g/mol. The highest BCUT2D eigenvalue weighted by molar-refractivity contribution is 9.10. The molecule has 21 heavy (non-hydrogen) atoms. The van der Waals surface area contributed by atoms with Gasteiger partial charge in [-0.3, -0.25) is 4.79 Å². The number of nitrogens with one attached hydrogen (secondary N) is 1. The number of methoxy groups -OCH3 is 1. The van der Waals surface area contributed by atoms with Gasteiger partial charge in [-0.25, -0.2) is 0 Å². The second-order valence-electron chi connectivity index (χ2n) is 5.15. The largest absolute Gasteiger partial charge is 0.496 e. The lowest BCUT2D eigenvalue weighted by molar-refractivity contribution is -0.127. The first-order valence-electron chi connectivity index (χ1n) is 7.11. The smallest absolute Gasteiger partial charge is 0.246 e. The Morgan fingerprint density at radius 2 is 2.14 bits per heavy atom. The zero-order valence-corrected chi connectivity index (χ0v) is 14.0. The maximum Gasteiger partial charge on any atom is 0.246 e. The lowest BCUT2D eigenvalue weighted by atomic mass is 10.1. The van der Waals surface area contributed by atoms with Gasteiger partial charge in [0, 0.05) is 29.2 Å². The third kappa shape index (κ3) is 4.32. The van der Waals surface area contributed by atoms with E-state index in [-0.39, 0.29) is 5.91 Å². The summed E-state index contributed by atoms with van der Waals surface area (Å²) >= 11 is 3.43. The highest BCUT2D eigenvalue weighted by atomic mass is 79.9. The van der Waals surface area contributed by atoms with Crippen LogP contribution in [0.15, 0.2) is 28.7 Å². The molecule has 0 aliphatic carbocycles. The normalized spacial score (nSPS) is 16.1. The van der Waals surface area contributed by atoms with Gasteiger partial charge in [-0.1, -0.05) is 15.9 Å². The fourth-order valence-electron chi connectivity index (χ4n) is 2.49. The molecule has 1 aliphatic rings. The van der Waals surface area contributed by atoms with E-state index in [4.69, 9.17) is 4.74 Å². The third-order valence-corrected chi connectivity index (χ3v) is 4.29. The average molecular weight is 353 g/mol. The number of carbonyl (C=O) groups excluding carboxylic acids is 1. The summed E-state index contributed by atoms with van der Waals surface area (Å²) in [4.78, 5) is 14.1. The van der Waals surface area contributed by atoms with E-state index in [9.17, 15) is 4.79 Å². The van der Waals surface area contributed by atoms with Crippen molar-refractivity contribution in [1.82, 2.24) is 10.2 Å². The summed E-state index contributed by atoms with van der Waals surface area (Å²) in [5, 5.41) is 3.31. The molecule has 1 saturated heterocycles. The van der Waals surface area contributed by atoms with Crippen molar-refractivity contribution >= 4 is 27.9 Å². The molecule has 1 heterocycles. The minimum Gasteiger partial charge on any atom is -0.496 e. The van der Waals surface area contributed by atoms with Crippen LogP contribution in [0.3, 0.4) is 0 Å². The summed E-state index contributed by atoms with van der Waals surface area (Å²) in [5.41, 5.74) is 0.888. The van der Waals surface area contributed by atoms with Crippen LogP contribution < -0.4 is 10.1 Å². The molecule has 4 nitrogen and oxygen atoms in total. The molecule has 0 atom stereocenters. The molecule has 2 rings (SSSR count). The van der Waals surface area contributed by atoms with Crippen molar-refractivity contribution < 1.29 is 9.53 Å². The van der Waals surface area contributed by atoms with Gasteiger partial charge >= 0.3 is 0 Å². The second-order valence-corrected chi connectivity index (χ2v) is 6.07. The highest BCUT2D eigenvalue weighted by Crippen LogP contribution is 2.24. The Morgan fingerprint density at radius 3 is 2.81 bits per heavy atom. The number of nitrogens with zero attached hydrogens (tertiary/aromatic N) is 1. The van der Waals surface area contributed by atoms with E-state index >= 15 is 0 Å². The zero-order chi connectivity index (χ0) is 15.2. The number of halogens is 1. The zero-order valence-electron chi connectivity index (χ0n) is 12.4. The van der Waals surface area contributed by atoms with E-state index in [1.165, 1.54) is 0 Å². The highest BCUT2D eigenvalue weighted by Gasteiger charge is 2.20. The summed E-state index contributed by atoms with van der Waals surface area (Å²) in [5.74, 6) is 0.788. The van der Waals surface area contributed by atoms with E-state index < -0.39 is 0 Å². The number of likely N-dealkylation sites (N-methyl/N-ethyl adjacent to an activating group) is 1. The van der Waals surface area contributed by atoms with Gasteiger partial charge in [0.25, 0.3) is 0 Å². The summed E-state index contributed by atoms with van der Waals surface area (Å²) in [7, 11) is 3.50. The van der Waals surface area contributed by atoms with Crippen LogP contribution in [-0.2, 0) is 4.79 Å². The van der Waals surface area contributed by atoms with Crippen LogP contribution in [0, 0.1) is 0 Å². The van der Waals surface area contributed by atoms with Gasteiger partial charge in [-0.2, -0.15) is 0 Å². The molecule has 1 aliphatic heterocycles. The van der Waals surface area contributed by atoms with Gasteiger partial charge < -0.3 is 15.0 Å². The number of hydrogen-bond acceptors (Lipinski definition) is 3. The Kier molecular flexibility index (Phi) is 5.82. The van der Waals surface area contributed by atoms with Crippen LogP contribution in [0.2, 0.25) is 0 Å². The molecule has 0 unspecified atom stereocenters. The lowest BCUT2D eigenvalue weighted by Crippen LogP contribution is -2.43. The summed E-state index contributed by atoms with van der Waals surface area (Å²) < 4.78 is 6.26. The maximum absolute atomic E-state index is 12.3. The minimum absolute atomic E-state index is 0.0314. The van der Waals surface area contributed by atoms with Crippen LogP contribution in [0.5, 0.6) is 5.75 Å². The van der Waals surface area contributed by atoms with E-state index in [0.29, 0.717) is 6.04 Å². The standard InChI is InChI=1S/C16H21BrN2O2/c1-19(14-7-9-18-10-8-14)16(20)6-3-12-11-13(17)4-5-15(12)21-2/h3-6,11,14,18H,7-10H2,1-2H3. The molecule has 114 valence electrons. The molecule has 0 spiro atoms. The Hall–Kier alpha value is -1.33. The van der Waals surface area contributed by atoms with Crippen LogP contribution in [0.25, 0.3) is 6.08 Å². The number of piperidine rings is 1. The Morgan fingerprint density at radius 1 is 1.43 bits per heavy atom. The average Bonchev–Trinajstić information content (AvgIpc) is 2.52. The number of rotatable bonds is 4. The van der Waals surface area contributed by atoms with E-state index in [1.54, 1.807) is 13.2 Å². The van der Waals surface area contributed by atoms with E-state index in [0.717, 1.165) is 41.7 Å². The first kappa shape index (κ1) is 16.0. The van der Waals surface area contributed by atoms with Crippen LogP contribution in [0.1, 0.15) is 18.4 Å². The van der Waals surface area contributed by atoms with Gasteiger partial charge in [0.15, 0.2) is 0 Å². The predicted octanol–water partition coefficient (Wildman–Crippen LogP) is 2.68. The van der Waals surface area contributed by atoms with Gasteiger partial charge in [0.1, 0.15) is 5.75 Å². The van der Waals surface area contributed by atoms with E-state index in [1.807, 2.05) is 36.2 Å². The molecule has 1 fully saturated rings. The fourth-order valence-corrected chi connectivity index (χ4v) is 2.87. The summed E-state index contributed by atoms with van der Waals surface area (Å²) in [6.07, 6.45) is 5.45. The fraction of sp³-hybridized carbons (Fsp3) is 0.438. The monoisotopic (exact) mass is 352 g/mol. The molecule has 0 aromatic heterocycles. The molecule has 0 bridgehead atoms. The molecule has 1 N–H and O–H groups in total. The van der Waals surface area contributed by atoms with Gasteiger partial charge in [-0.05, 0) is 50.2 Å². The minimum atomic E-state index is 0.0314. The van der Waals surface area contributed by atoms with E-state index in [2.05, 4.69) is 21.2 Å². The van der Waals surface area contributed by atoms with Crippen LogP contribution in [0.4, 0.5) is 0 Å².